The summed E-state index contributed by atoms with van der Waals surface area (Å²) in [4.78, 5) is 11.9. The standard InChI is InChI=1S/C13H17ClN2O2/c14-10-13(17)16(15-6-8-18-9-7-15)11-12-4-2-1-3-5-12/h1-5H,6-11H2. The molecule has 98 valence electrons. The first-order valence-corrected chi connectivity index (χ1v) is 6.57. The smallest absolute Gasteiger partial charge is 0.252 e. The molecule has 0 bridgehead atoms. The molecular formula is C13H17ClN2O2. The molecule has 1 aliphatic rings. The average Bonchev–Trinajstić information content (AvgIpc) is 2.46. The van der Waals surface area contributed by atoms with Crippen LogP contribution in [-0.4, -0.2) is 48.1 Å². The van der Waals surface area contributed by atoms with Crippen molar-refractivity contribution in [3.8, 4) is 0 Å². The number of morpholine rings is 1. The van der Waals surface area contributed by atoms with Gasteiger partial charge in [0.2, 0.25) is 0 Å². The van der Waals surface area contributed by atoms with Crippen LogP contribution in [0.25, 0.3) is 0 Å². The highest BCUT2D eigenvalue weighted by atomic mass is 35.5. The number of rotatable bonds is 4. The zero-order chi connectivity index (χ0) is 12.8. The molecule has 1 aromatic rings. The third-order valence-electron chi connectivity index (χ3n) is 2.91. The van der Waals surface area contributed by atoms with E-state index in [1.54, 1.807) is 5.01 Å². The third kappa shape index (κ3) is 3.45. The van der Waals surface area contributed by atoms with Gasteiger partial charge in [0.25, 0.3) is 5.91 Å². The summed E-state index contributed by atoms with van der Waals surface area (Å²) in [6.07, 6.45) is 0. The number of benzene rings is 1. The van der Waals surface area contributed by atoms with Crippen molar-refractivity contribution in [2.75, 3.05) is 32.2 Å². The predicted molar refractivity (Wildman–Crippen MR) is 70.1 cm³/mol. The van der Waals surface area contributed by atoms with Crippen molar-refractivity contribution in [3.05, 3.63) is 35.9 Å². The van der Waals surface area contributed by atoms with Crippen molar-refractivity contribution in [2.24, 2.45) is 0 Å². The molecule has 0 N–H and O–H groups in total. The molecule has 0 spiro atoms. The van der Waals surface area contributed by atoms with Crippen LogP contribution in [0.2, 0.25) is 0 Å². The Labute approximate surface area is 112 Å². The third-order valence-corrected chi connectivity index (χ3v) is 3.13. The molecule has 1 saturated heterocycles. The van der Waals surface area contributed by atoms with Crippen LogP contribution < -0.4 is 0 Å². The zero-order valence-corrected chi connectivity index (χ0v) is 11.0. The number of carbonyl (C=O) groups excluding carboxylic acids is 1. The van der Waals surface area contributed by atoms with Crippen LogP contribution in [0.15, 0.2) is 30.3 Å². The Bertz CT molecular complexity index is 380. The van der Waals surface area contributed by atoms with Gasteiger partial charge in [-0.2, -0.15) is 0 Å². The Kier molecular flexibility index (Phi) is 4.99. The fraction of sp³-hybridized carbons (Fsp3) is 0.462. The Hall–Kier alpha value is -1.10. The van der Waals surface area contributed by atoms with E-state index >= 15 is 0 Å². The van der Waals surface area contributed by atoms with Crippen LogP contribution in [0.1, 0.15) is 5.56 Å². The van der Waals surface area contributed by atoms with Gasteiger partial charge in [-0.15, -0.1) is 11.6 Å². The minimum Gasteiger partial charge on any atom is -0.379 e. The molecule has 0 aromatic heterocycles. The van der Waals surface area contributed by atoms with Gasteiger partial charge in [-0.05, 0) is 5.56 Å². The molecule has 0 unspecified atom stereocenters. The van der Waals surface area contributed by atoms with Gasteiger partial charge in [0, 0.05) is 13.1 Å². The molecule has 1 aliphatic heterocycles. The molecule has 1 heterocycles. The van der Waals surface area contributed by atoms with E-state index in [1.165, 1.54) is 0 Å². The molecule has 18 heavy (non-hydrogen) atoms. The largest absolute Gasteiger partial charge is 0.379 e. The van der Waals surface area contributed by atoms with E-state index in [1.807, 2.05) is 35.3 Å². The Balaban J connectivity index is 2.07. The van der Waals surface area contributed by atoms with Crippen molar-refractivity contribution < 1.29 is 9.53 Å². The van der Waals surface area contributed by atoms with Gasteiger partial charge < -0.3 is 4.74 Å². The maximum atomic E-state index is 11.9. The number of hydrogen-bond donors (Lipinski definition) is 0. The number of hydrogen-bond acceptors (Lipinski definition) is 3. The van der Waals surface area contributed by atoms with Crippen molar-refractivity contribution in [3.63, 3.8) is 0 Å². The second-order valence-corrected chi connectivity index (χ2v) is 4.40. The SMILES string of the molecule is O=C(CCl)N(Cc1ccccc1)N1CCOCC1. The maximum absolute atomic E-state index is 11.9. The topological polar surface area (TPSA) is 32.8 Å². The summed E-state index contributed by atoms with van der Waals surface area (Å²) in [6, 6.07) is 9.92. The lowest BCUT2D eigenvalue weighted by molar-refractivity contribution is -0.156. The van der Waals surface area contributed by atoms with Crippen molar-refractivity contribution in [1.82, 2.24) is 10.0 Å². The summed E-state index contributed by atoms with van der Waals surface area (Å²) in [5, 5.41) is 3.74. The van der Waals surface area contributed by atoms with Gasteiger partial charge in [-0.1, -0.05) is 30.3 Å². The van der Waals surface area contributed by atoms with Gasteiger partial charge in [0.1, 0.15) is 5.88 Å². The first kappa shape index (κ1) is 13.3. The highest BCUT2D eigenvalue weighted by molar-refractivity contribution is 6.27. The number of alkyl halides is 1. The molecule has 0 saturated carbocycles. The van der Waals surface area contributed by atoms with Gasteiger partial charge in [-0.25, -0.2) is 5.01 Å². The van der Waals surface area contributed by atoms with E-state index < -0.39 is 0 Å². The zero-order valence-electron chi connectivity index (χ0n) is 10.2. The molecule has 1 amide bonds. The molecule has 1 aromatic carbocycles. The number of amides is 1. The van der Waals surface area contributed by atoms with Crippen LogP contribution >= 0.6 is 11.6 Å². The number of carbonyl (C=O) groups is 1. The van der Waals surface area contributed by atoms with Crippen LogP contribution in [0.5, 0.6) is 0 Å². The predicted octanol–water partition coefficient (Wildman–Crippen LogP) is 1.50. The minimum atomic E-state index is -0.0672. The van der Waals surface area contributed by atoms with Gasteiger partial charge in [0.15, 0.2) is 0 Å². The quantitative estimate of drug-likeness (QED) is 0.776. The lowest BCUT2D eigenvalue weighted by Crippen LogP contribution is -2.51. The fourth-order valence-electron chi connectivity index (χ4n) is 1.97. The number of ether oxygens (including phenoxy) is 1. The molecule has 5 heteroatoms. The van der Waals surface area contributed by atoms with E-state index in [2.05, 4.69) is 0 Å². The lowest BCUT2D eigenvalue weighted by Gasteiger charge is -2.37. The normalized spacial score (nSPS) is 16.5. The summed E-state index contributed by atoms with van der Waals surface area (Å²) in [5.41, 5.74) is 1.10. The van der Waals surface area contributed by atoms with Crippen molar-refractivity contribution in [1.29, 1.82) is 0 Å². The van der Waals surface area contributed by atoms with E-state index in [0.717, 1.165) is 18.7 Å². The first-order chi connectivity index (χ1) is 8.81. The van der Waals surface area contributed by atoms with E-state index in [-0.39, 0.29) is 11.8 Å². The van der Waals surface area contributed by atoms with Crippen molar-refractivity contribution in [2.45, 2.75) is 6.54 Å². The highest BCUT2D eigenvalue weighted by Crippen LogP contribution is 2.10. The van der Waals surface area contributed by atoms with Crippen LogP contribution in [0, 0.1) is 0 Å². The second-order valence-electron chi connectivity index (χ2n) is 4.14. The summed E-state index contributed by atoms with van der Waals surface area (Å²) < 4.78 is 5.30. The van der Waals surface area contributed by atoms with Crippen LogP contribution in [-0.2, 0) is 16.1 Å². The van der Waals surface area contributed by atoms with Crippen molar-refractivity contribution >= 4 is 17.5 Å². The molecule has 1 fully saturated rings. The van der Waals surface area contributed by atoms with E-state index in [4.69, 9.17) is 16.3 Å². The summed E-state index contributed by atoms with van der Waals surface area (Å²) in [6.45, 7) is 3.33. The number of halogens is 1. The summed E-state index contributed by atoms with van der Waals surface area (Å²) >= 11 is 5.68. The Morgan fingerprint density at radius 1 is 1.28 bits per heavy atom. The lowest BCUT2D eigenvalue weighted by atomic mass is 10.2. The molecular weight excluding hydrogens is 252 g/mol. The summed E-state index contributed by atoms with van der Waals surface area (Å²) in [5.74, 6) is -0.0630. The minimum absolute atomic E-state index is 0.00416. The Morgan fingerprint density at radius 3 is 2.56 bits per heavy atom. The maximum Gasteiger partial charge on any atom is 0.252 e. The van der Waals surface area contributed by atoms with Crippen LogP contribution in [0.4, 0.5) is 0 Å². The Morgan fingerprint density at radius 2 is 1.94 bits per heavy atom. The molecule has 0 radical (unpaired) electrons. The van der Waals surface area contributed by atoms with E-state index in [0.29, 0.717) is 19.8 Å². The van der Waals surface area contributed by atoms with Gasteiger partial charge >= 0.3 is 0 Å². The molecule has 0 aliphatic carbocycles. The monoisotopic (exact) mass is 268 g/mol. The number of nitrogens with zero attached hydrogens (tertiary/aromatic N) is 2. The van der Waals surface area contributed by atoms with Gasteiger partial charge in [-0.3, -0.25) is 9.80 Å². The average molecular weight is 269 g/mol. The second kappa shape index (κ2) is 6.73. The molecule has 4 nitrogen and oxygen atoms in total. The van der Waals surface area contributed by atoms with Gasteiger partial charge in [0.05, 0.1) is 19.8 Å². The highest BCUT2D eigenvalue weighted by Gasteiger charge is 2.22. The number of hydrazine groups is 1. The van der Waals surface area contributed by atoms with E-state index in [9.17, 15) is 4.79 Å². The first-order valence-electron chi connectivity index (χ1n) is 6.04. The van der Waals surface area contributed by atoms with Crippen LogP contribution in [0.3, 0.4) is 0 Å². The molecule has 0 atom stereocenters. The summed E-state index contributed by atoms with van der Waals surface area (Å²) in [7, 11) is 0. The fourth-order valence-corrected chi connectivity index (χ4v) is 2.10. The molecule has 2 rings (SSSR count).